The van der Waals surface area contributed by atoms with Crippen LogP contribution in [0.3, 0.4) is 0 Å². The second kappa shape index (κ2) is 2.89. The predicted octanol–water partition coefficient (Wildman–Crippen LogP) is 0.768. The van der Waals surface area contributed by atoms with E-state index in [-0.39, 0.29) is 5.69 Å². The van der Waals surface area contributed by atoms with Crippen molar-refractivity contribution in [3.8, 4) is 12.1 Å². The number of hydrogen-bond acceptors (Lipinski definition) is 3. The molecule has 0 radical (unpaired) electrons. The summed E-state index contributed by atoms with van der Waals surface area (Å²) < 4.78 is 2.23. The Kier molecular flexibility index (Phi) is 2.11. The monoisotopic (exact) mass is 258 g/mol. The van der Waals surface area contributed by atoms with Crippen molar-refractivity contribution in [2.75, 3.05) is 0 Å². The highest BCUT2D eigenvalue weighted by molar-refractivity contribution is 14.1. The van der Waals surface area contributed by atoms with Crippen LogP contribution in [0.15, 0.2) is 0 Å². The van der Waals surface area contributed by atoms with Gasteiger partial charge in [-0.15, -0.1) is 0 Å². The maximum Gasteiger partial charge on any atom is 0.177 e. The standard InChI is InChI=1S/C6H3IN4/c1-11-5(3-9)4(2-8)10-6(11)7/h1H3. The molecular formula is C6H3IN4. The molecule has 0 saturated heterocycles. The van der Waals surface area contributed by atoms with E-state index in [4.69, 9.17) is 10.5 Å². The van der Waals surface area contributed by atoms with Gasteiger partial charge in [-0.05, 0) is 22.6 Å². The molecule has 0 fully saturated rings. The minimum absolute atomic E-state index is 0.194. The molecule has 0 unspecified atom stereocenters. The second-order valence-corrected chi connectivity index (χ2v) is 2.83. The largest absolute Gasteiger partial charge is 0.313 e. The molecule has 0 aliphatic heterocycles. The Bertz CT molecular complexity index is 365. The lowest BCUT2D eigenvalue weighted by molar-refractivity contribution is 0.863. The molecule has 1 aromatic heterocycles. The third kappa shape index (κ3) is 1.19. The van der Waals surface area contributed by atoms with Gasteiger partial charge < -0.3 is 4.57 Å². The first-order valence-electron chi connectivity index (χ1n) is 2.73. The van der Waals surface area contributed by atoms with Crippen LogP contribution >= 0.6 is 22.6 Å². The molecule has 11 heavy (non-hydrogen) atoms. The number of aromatic nitrogens is 2. The van der Waals surface area contributed by atoms with Crippen LogP contribution in [0.25, 0.3) is 0 Å². The van der Waals surface area contributed by atoms with E-state index < -0.39 is 0 Å². The van der Waals surface area contributed by atoms with Crippen LogP contribution in [-0.4, -0.2) is 9.55 Å². The maximum absolute atomic E-state index is 8.58. The first kappa shape index (κ1) is 8.02. The fourth-order valence-electron chi connectivity index (χ4n) is 0.677. The van der Waals surface area contributed by atoms with Crippen molar-refractivity contribution >= 4 is 22.6 Å². The molecule has 54 valence electrons. The van der Waals surface area contributed by atoms with E-state index in [9.17, 15) is 0 Å². The smallest absolute Gasteiger partial charge is 0.177 e. The minimum Gasteiger partial charge on any atom is -0.313 e. The van der Waals surface area contributed by atoms with Crippen molar-refractivity contribution in [3.63, 3.8) is 0 Å². The van der Waals surface area contributed by atoms with Gasteiger partial charge in [0.1, 0.15) is 12.1 Å². The van der Waals surface area contributed by atoms with Crippen LogP contribution in [0.2, 0.25) is 0 Å². The Morgan fingerprint density at radius 2 is 2.09 bits per heavy atom. The number of hydrogen-bond donors (Lipinski definition) is 0. The summed E-state index contributed by atoms with van der Waals surface area (Å²) in [5.41, 5.74) is 0.510. The molecule has 0 amide bonds. The quantitative estimate of drug-likeness (QED) is 0.645. The van der Waals surface area contributed by atoms with E-state index in [1.165, 1.54) is 0 Å². The fourth-order valence-corrected chi connectivity index (χ4v) is 1.16. The van der Waals surface area contributed by atoms with Gasteiger partial charge >= 0.3 is 0 Å². The zero-order chi connectivity index (χ0) is 8.43. The normalized spacial score (nSPS) is 8.73. The third-order valence-electron chi connectivity index (χ3n) is 1.25. The molecule has 5 heteroatoms. The summed E-state index contributed by atoms with van der Waals surface area (Å²) in [6.07, 6.45) is 0. The van der Waals surface area contributed by atoms with E-state index in [1.807, 2.05) is 34.7 Å². The van der Waals surface area contributed by atoms with Crippen molar-refractivity contribution in [2.24, 2.45) is 7.05 Å². The van der Waals surface area contributed by atoms with E-state index >= 15 is 0 Å². The topological polar surface area (TPSA) is 65.4 Å². The highest BCUT2D eigenvalue weighted by atomic mass is 127. The van der Waals surface area contributed by atoms with Crippen molar-refractivity contribution in [1.29, 1.82) is 10.5 Å². The molecule has 0 aliphatic carbocycles. The molecule has 0 saturated carbocycles. The van der Waals surface area contributed by atoms with Crippen molar-refractivity contribution in [1.82, 2.24) is 9.55 Å². The molecule has 0 aromatic carbocycles. The van der Waals surface area contributed by atoms with Crippen molar-refractivity contribution < 1.29 is 0 Å². The molecule has 1 aromatic rings. The average molecular weight is 258 g/mol. The lowest BCUT2D eigenvalue weighted by atomic mass is 10.4. The van der Waals surface area contributed by atoms with Crippen molar-refractivity contribution in [2.45, 2.75) is 0 Å². The van der Waals surface area contributed by atoms with E-state index in [0.717, 1.165) is 0 Å². The molecule has 1 rings (SSSR count). The van der Waals surface area contributed by atoms with Crippen LogP contribution in [0.1, 0.15) is 11.4 Å². The van der Waals surface area contributed by atoms with Gasteiger partial charge in [-0.3, -0.25) is 0 Å². The Labute approximate surface area is 77.2 Å². The Hall–Kier alpha value is -1.08. The Morgan fingerprint density at radius 1 is 1.45 bits per heavy atom. The number of imidazole rings is 1. The highest BCUT2D eigenvalue weighted by Gasteiger charge is 2.10. The number of nitriles is 2. The zero-order valence-electron chi connectivity index (χ0n) is 5.67. The van der Waals surface area contributed by atoms with Gasteiger partial charge in [-0.2, -0.15) is 10.5 Å². The van der Waals surface area contributed by atoms with Gasteiger partial charge in [0.15, 0.2) is 15.2 Å². The first-order chi connectivity index (χ1) is 5.20. The fraction of sp³-hybridized carbons (Fsp3) is 0.167. The van der Waals surface area contributed by atoms with Gasteiger partial charge in [0, 0.05) is 7.05 Å². The average Bonchev–Trinajstić information content (AvgIpc) is 2.28. The molecular weight excluding hydrogens is 255 g/mol. The van der Waals surface area contributed by atoms with Crippen LogP contribution < -0.4 is 0 Å². The lowest BCUT2D eigenvalue weighted by Gasteiger charge is -1.90. The summed E-state index contributed by atoms with van der Waals surface area (Å²) >= 11 is 1.97. The van der Waals surface area contributed by atoms with Crippen LogP contribution in [0, 0.1) is 26.5 Å². The second-order valence-electron chi connectivity index (χ2n) is 1.86. The summed E-state index contributed by atoms with van der Waals surface area (Å²) in [5.74, 6) is 0. The summed E-state index contributed by atoms with van der Waals surface area (Å²) in [5, 5.41) is 17.1. The molecule has 0 N–H and O–H groups in total. The van der Waals surface area contributed by atoms with E-state index in [1.54, 1.807) is 11.6 Å². The lowest BCUT2D eigenvalue weighted by Crippen LogP contribution is -1.94. The SMILES string of the molecule is Cn1c(I)nc(C#N)c1C#N. The summed E-state index contributed by atoms with van der Waals surface area (Å²) in [6.45, 7) is 0. The van der Waals surface area contributed by atoms with Gasteiger partial charge in [0.2, 0.25) is 0 Å². The summed E-state index contributed by atoms with van der Waals surface area (Å²) in [6, 6.07) is 3.76. The maximum atomic E-state index is 8.58. The first-order valence-corrected chi connectivity index (χ1v) is 3.81. The summed E-state index contributed by atoms with van der Waals surface area (Å²) in [4.78, 5) is 3.87. The van der Waals surface area contributed by atoms with Gasteiger partial charge in [-0.1, -0.05) is 0 Å². The molecule has 4 nitrogen and oxygen atoms in total. The van der Waals surface area contributed by atoms with Crippen LogP contribution in [-0.2, 0) is 7.05 Å². The number of rotatable bonds is 0. The molecule has 0 aliphatic rings. The molecule has 1 heterocycles. The highest BCUT2D eigenvalue weighted by Crippen LogP contribution is 2.09. The van der Waals surface area contributed by atoms with E-state index in [0.29, 0.717) is 9.53 Å². The van der Waals surface area contributed by atoms with E-state index in [2.05, 4.69) is 4.98 Å². The minimum atomic E-state index is 0.194. The third-order valence-corrected chi connectivity index (χ3v) is 2.22. The number of halogens is 1. The van der Waals surface area contributed by atoms with Crippen molar-refractivity contribution in [3.05, 3.63) is 15.2 Å². The van der Waals surface area contributed by atoms with Gasteiger partial charge in [0.05, 0.1) is 0 Å². The molecule has 0 atom stereocenters. The van der Waals surface area contributed by atoms with Gasteiger partial charge in [-0.25, -0.2) is 4.98 Å². The predicted molar refractivity (Wildman–Crippen MR) is 45.4 cm³/mol. The Morgan fingerprint density at radius 3 is 2.45 bits per heavy atom. The van der Waals surface area contributed by atoms with Gasteiger partial charge in [0.25, 0.3) is 0 Å². The molecule has 0 bridgehead atoms. The van der Waals surface area contributed by atoms with Crippen LogP contribution in [0.5, 0.6) is 0 Å². The van der Waals surface area contributed by atoms with Crippen LogP contribution in [0.4, 0.5) is 0 Å². The molecule has 0 spiro atoms. The summed E-state index contributed by atoms with van der Waals surface area (Å²) in [7, 11) is 1.70. The Balaban J connectivity index is 3.45. The number of nitrogens with zero attached hydrogens (tertiary/aromatic N) is 4. The zero-order valence-corrected chi connectivity index (χ0v) is 7.82.